The highest BCUT2D eigenvalue weighted by molar-refractivity contribution is 5.68. The Morgan fingerprint density at radius 1 is 0.967 bits per heavy atom. The number of likely N-dealkylation sites (tertiary alicyclic amines) is 1. The number of amides is 1. The predicted octanol–water partition coefficient (Wildman–Crippen LogP) is 3.89. The third kappa shape index (κ3) is 6.20. The summed E-state index contributed by atoms with van der Waals surface area (Å²) in [4.78, 5) is 17.7. The predicted molar refractivity (Wildman–Crippen MR) is 112 cm³/mol. The summed E-state index contributed by atoms with van der Waals surface area (Å²) in [6.07, 6.45) is 3.25. The van der Waals surface area contributed by atoms with Gasteiger partial charge in [-0.1, -0.05) is 6.42 Å². The Morgan fingerprint density at radius 2 is 1.57 bits per heavy atom. The van der Waals surface area contributed by atoms with E-state index in [1.54, 1.807) is 9.80 Å². The summed E-state index contributed by atoms with van der Waals surface area (Å²) in [5.74, 6) is -1.08. The van der Waals surface area contributed by atoms with Gasteiger partial charge in [-0.25, -0.2) is 13.6 Å². The number of piperazine rings is 1. The molecule has 1 amide bonds. The van der Waals surface area contributed by atoms with Gasteiger partial charge >= 0.3 is 6.09 Å². The number of hydrogen-bond donors (Lipinski definition) is 0. The third-order valence-corrected chi connectivity index (χ3v) is 5.36. The number of carbonyl (C=O) groups is 1. The lowest BCUT2D eigenvalue weighted by atomic mass is 10.1. The van der Waals surface area contributed by atoms with E-state index in [9.17, 15) is 13.6 Å². The zero-order chi connectivity index (χ0) is 21.7. The van der Waals surface area contributed by atoms with Crippen molar-refractivity contribution in [2.24, 2.45) is 0 Å². The topological polar surface area (TPSA) is 45.3 Å². The number of rotatable bonds is 5. The van der Waals surface area contributed by atoms with E-state index in [0.29, 0.717) is 32.8 Å². The molecule has 0 atom stereocenters. The summed E-state index contributed by atoms with van der Waals surface area (Å²) in [5, 5.41) is 0. The smallest absolute Gasteiger partial charge is 0.410 e. The molecule has 0 radical (unpaired) electrons. The minimum Gasteiger partial charge on any atom is -0.492 e. The Bertz CT molecular complexity index is 702. The molecule has 1 aromatic carbocycles. The van der Waals surface area contributed by atoms with E-state index in [0.717, 1.165) is 19.6 Å². The molecule has 8 heteroatoms. The van der Waals surface area contributed by atoms with Crippen LogP contribution in [-0.2, 0) is 4.74 Å². The van der Waals surface area contributed by atoms with Gasteiger partial charge in [0.25, 0.3) is 0 Å². The highest BCUT2D eigenvalue weighted by Gasteiger charge is 2.28. The summed E-state index contributed by atoms with van der Waals surface area (Å²) in [6, 6.07) is 2.49. The molecule has 30 heavy (non-hydrogen) atoms. The van der Waals surface area contributed by atoms with Crippen LogP contribution in [0.1, 0.15) is 40.0 Å². The molecule has 2 fully saturated rings. The molecule has 0 unspecified atom stereocenters. The second kappa shape index (κ2) is 9.81. The first-order chi connectivity index (χ1) is 14.2. The quantitative estimate of drug-likeness (QED) is 0.716. The van der Waals surface area contributed by atoms with Gasteiger partial charge in [-0.3, -0.25) is 4.90 Å². The number of piperidine rings is 1. The molecule has 0 spiro atoms. The van der Waals surface area contributed by atoms with Gasteiger partial charge in [0.05, 0.1) is 0 Å². The van der Waals surface area contributed by atoms with E-state index in [1.807, 2.05) is 20.8 Å². The molecule has 0 N–H and O–H groups in total. The molecule has 0 saturated carbocycles. The lowest BCUT2D eigenvalue weighted by Crippen LogP contribution is -2.50. The van der Waals surface area contributed by atoms with Crippen molar-refractivity contribution < 1.29 is 23.0 Å². The lowest BCUT2D eigenvalue weighted by molar-refractivity contribution is 0.0240. The fourth-order valence-electron chi connectivity index (χ4n) is 3.84. The van der Waals surface area contributed by atoms with E-state index < -0.39 is 23.3 Å². The average Bonchev–Trinajstić information content (AvgIpc) is 2.67. The second-order valence-electron chi connectivity index (χ2n) is 8.94. The second-order valence-corrected chi connectivity index (χ2v) is 8.94. The average molecular weight is 426 g/mol. The molecule has 6 nitrogen and oxygen atoms in total. The van der Waals surface area contributed by atoms with Crippen molar-refractivity contribution in [3.05, 3.63) is 23.8 Å². The van der Waals surface area contributed by atoms with Crippen molar-refractivity contribution in [2.75, 3.05) is 57.3 Å². The Balaban J connectivity index is 1.53. The summed E-state index contributed by atoms with van der Waals surface area (Å²) >= 11 is 0. The Kier molecular flexibility index (Phi) is 7.39. The van der Waals surface area contributed by atoms with Crippen molar-refractivity contribution in [2.45, 2.75) is 45.6 Å². The fraction of sp³-hybridized carbons (Fsp3) is 0.682. The number of nitrogens with zero attached hydrogens (tertiary/aromatic N) is 3. The molecule has 2 heterocycles. The number of ether oxygens (including phenoxy) is 2. The van der Waals surface area contributed by atoms with Gasteiger partial charge in [0.1, 0.15) is 23.6 Å². The molecule has 2 aliphatic rings. The minimum atomic E-state index is -0.645. The van der Waals surface area contributed by atoms with Crippen molar-refractivity contribution in [1.29, 1.82) is 0 Å². The number of carbonyl (C=O) groups excluding carboxylic acids is 1. The number of anilines is 1. The fourth-order valence-corrected chi connectivity index (χ4v) is 3.84. The first-order valence-corrected chi connectivity index (χ1v) is 10.8. The van der Waals surface area contributed by atoms with Crippen molar-refractivity contribution >= 4 is 11.8 Å². The zero-order valence-electron chi connectivity index (χ0n) is 18.3. The SMILES string of the molecule is CC(C)(C)OC(=O)N1CCN(c2c(F)cc(OCCN3CCCCC3)cc2F)CC1. The first kappa shape index (κ1) is 22.6. The highest BCUT2D eigenvalue weighted by Crippen LogP contribution is 2.29. The lowest BCUT2D eigenvalue weighted by Gasteiger charge is -2.37. The van der Waals surface area contributed by atoms with Gasteiger partial charge in [-0.15, -0.1) is 0 Å². The van der Waals surface area contributed by atoms with Crippen LogP contribution in [-0.4, -0.2) is 73.9 Å². The summed E-state index contributed by atoms with van der Waals surface area (Å²) < 4.78 is 40.3. The summed E-state index contributed by atoms with van der Waals surface area (Å²) in [6.45, 7) is 10.1. The van der Waals surface area contributed by atoms with Crippen LogP contribution in [0.25, 0.3) is 0 Å². The summed E-state index contributed by atoms with van der Waals surface area (Å²) in [5.41, 5.74) is -0.641. The number of benzene rings is 1. The molecule has 2 saturated heterocycles. The first-order valence-electron chi connectivity index (χ1n) is 10.8. The Hall–Kier alpha value is -2.09. The van der Waals surface area contributed by atoms with Gasteiger partial charge < -0.3 is 19.3 Å². The molecular formula is C22H33F2N3O3. The van der Waals surface area contributed by atoms with Crippen LogP contribution in [0.15, 0.2) is 12.1 Å². The zero-order valence-corrected chi connectivity index (χ0v) is 18.3. The molecular weight excluding hydrogens is 392 g/mol. The standard InChI is InChI=1S/C22H33F2N3O3/c1-22(2,3)30-21(28)27-11-9-26(10-12-27)20-18(23)15-17(16-19(20)24)29-14-13-25-7-5-4-6-8-25/h15-16H,4-14H2,1-3H3. The van der Waals surface area contributed by atoms with Crippen LogP contribution in [0, 0.1) is 11.6 Å². The van der Waals surface area contributed by atoms with Crippen molar-refractivity contribution in [1.82, 2.24) is 9.80 Å². The van der Waals surface area contributed by atoms with Gasteiger partial charge in [0, 0.05) is 44.9 Å². The molecule has 0 aromatic heterocycles. The van der Waals surface area contributed by atoms with Crippen LogP contribution in [0.5, 0.6) is 5.75 Å². The molecule has 2 aliphatic heterocycles. The number of hydrogen-bond acceptors (Lipinski definition) is 5. The molecule has 3 rings (SSSR count). The van der Waals surface area contributed by atoms with E-state index in [1.165, 1.54) is 31.4 Å². The van der Waals surface area contributed by atoms with E-state index >= 15 is 0 Å². The third-order valence-electron chi connectivity index (χ3n) is 5.36. The van der Waals surface area contributed by atoms with Crippen LogP contribution in [0.4, 0.5) is 19.3 Å². The van der Waals surface area contributed by atoms with E-state index in [2.05, 4.69) is 4.90 Å². The maximum absolute atomic E-state index is 14.7. The van der Waals surface area contributed by atoms with Gasteiger partial charge in [0.2, 0.25) is 0 Å². The van der Waals surface area contributed by atoms with E-state index in [4.69, 9.17) is 9.47 Å². The van der Waals surface area contributed by atoms with Crippen LogP contribution >= 0.6 is 0 Å². The number of halogens is 2. The summed E-state index contributed by atoms with van der Waals surface area (Å²) in [7, 11) is 0. The van der Waals surface area contributed by atoms with Crippen LogP contribution in [0.2, 0.25) is 0 Å². The van der Waals surface area contributed by atoms with Gasteiger partial charge in [-0.05, 0) is 46.7 Å². The Morgan fingerprint density at radius 3 is 2.13 bits per heavy atom. The van der Waals surface area contributed by atoms with Crippen LogP contribution < -0.4 is 9.64 Å². The maximum Gasteiger partial charge on any atom is 0.410 e. The molecule has 0 aliphatic carbocycles. The normalized spacial score (nSPS) is 18.4. The van der Waals surface area contributed by atoms with E-state index in [-0.39, 0.29) is 11.4 Å². The van der Waals surface area contributed by atoms with Crippen molar-refractivity contribution in [3.63, 3.8) is 0 Å². The molecule has 0 bridgehead atoms. The molecule has 168 valence electrons. The van der Waals surface area contributed by atoms with Gasteiger partial charge in [0.15, 0.2) is 11.6 Å². The molecule has 1 aromatic rings. The van der Waals surface area contributed by atoms with Gasteiger partial charge in [-0.2, -0.15) is 0 Å². The van der Waals surface area contributed by atoms with Crippen molar-refractivity contribution in [3.8, 4) is 5.75 Å². The highest BCUT2D eigenvalue weighted by atomic mass is 19.1. The van der Waals surface area contributed by atoms with Crippen LogP contribution in [0.3, 0.4) is 0 Å². The minimum absolute atomic E-state index is 0.0674. The maximum atomic E-state index is 14.7. The Labute approximate surface area is 177 Å². The monoisotopic (exact) mass is 425 g/mol. The largest absolute Gasteiger partial charge is 0.492 e.